The molecule has 0 unspecified atom stereocenters. The van der Waals surface area contributed by atoms with E-state index >= 15 is 0 Å². The topological polar surface area (TPSA) is 86.2 Å². The van der Waals surface area contributed by atoms with E-state index in [0.29, 0.717) is 10.6 Å². The molecule has 122 valence electrons. The predicted molar refractivity (Wildman–Crippen MR) is 87.5 cm³/mol. The van der Waals surface area contributed by atoms with E-state index in [0.717, 1.165) is 0 Å². The summed E-state index contributed by atoms with van der Waals surface area (Å²) in [6, 6.07) is 11.6. The Morgan fingerprint density at radius 2 is 1.65 bits per heavy atom. The fourth-order valence-electron chi connectivity index (χ4n) is 3.06. The summed E-state index contributed by atoms with van der Waals surface area (Å²) in [5.41, 5.74) is 11.6. The zero-order valence-corrected chi connectivity index (χ0v) is 13.7. The molecule has 2 aromatic carbocycles. The Morgan fingerprint density at radius 1 is 1.09 bits per heavy atom. The summed E-state index contributed by atoms with van der Waals surface area (Å²) in [5, 5.41) is -0.390. The molecule has 0 aromatic heterocycles. The lowest BCUT2D eigenvalue weighted by Crippen LogP contribution is -2.39. The van der Waals surface area contributed by atoms with Gasteiger partial charge in [0.1, 0.15) is 5.82 Å². The van der Waals surface area contributed by atoms with Crippen LogP contribution < -0.4 is 11.5 Å². The molecular formula is C16H16ClFN2O2S. The van der Waals surface area contributed by atoms with Crippen LogP contribution in [-0.2, 0) is 9.84 Å². The average molecular weight is 355 g/mol. The molecule has 0 bridgehead atoms. The standard InChI is InChI=1S/C16H16ClFN2O2S/c17-11-3-7-13(8-4-11)23(21,22)15-14(16(15,20)9-19)10-1-5-12(18)6-2-10/h1-8,14-15H,9,19-20H2/t14-,15-,16+/m1/s1. The van der Waals surface area contributed by atoms with Gasteiger partial charge in [-0.1, -0.05) is 23.7 Å². The molecule has 0 aliphatic heterocycles. The molecule has 0 saturated heterocycles. The highest BCUT2D eigenvalue weighted by atomic mass is 35.5. The Balaban J connectivity index is 2.01. The average Bonchev–Trinajstić information content (AvgIpc) is 3.16. The number of benzene rings is 2. The molecule has 23 heavy (non-hydrogen) atoms. The van der Waals surface area contributed by atoms with Gasteiger partial charge in [-0.15, -0.1) is 0 Å². The summed E-state index contributed by atoms with van der Waals surface area (Å²) in [5.74, 6) is -0.851. The highest BCUT2D eigenvalue weighted by molar-refractivity contribution is 7.92. The molecule has 2 aromatic rings. The van der Waals surface area contributed by atoms with Crippen LogP contribution in [0.25, 0.3) is 0 Å². The van der Waals surface area contributed by atoms with Crippen LogP contribution >= 0.6 is 11.6 Å². The second-order valence-electron chi connectivity index (χ2n) is 5.77. The van der Waals surface area contributed by atoms with Gasteiger partial charge < -0.3 is 11.5 Å². The maximum atomic E-state index is 13.1. The van der Waals surface area contributed by atoms with E-state index in [4.69, 9.17) is 23.1 Å². The lowest BCUT2D eigenvalue weighted by molar-refractivity contribution is 0.586. The molecular weight excluding hydrogens is 339 g/mol. The Hall–Kier alpha value is -1.47. The van der Waals surface area contributed by atoms with Gasteiger partial charge in [0.15, 0.2) is 9.84 Å². The van der Waals surface area contributed by atoms with Crippen LogP contribution in [-0.4, -0.2) is 25.8 Å². The predicted octanol–water partition coefficient (Wildman–Crippen LogP) is 2.08. The third-order valence-electron chi connectivity index (χ3n) is 4.36. The van der Waals surface area contributed by atoms with Gasteiger partial charge in [0, 0.05) is 17.5 Å². The first kappa shape index (κ1) is 16.4. The number of hydrogen-bond donors (Lipinski definition) is 2. The summed E-state index contributed by atoms with van der Waals surface area (Å²) >= 11 is 5.80. The van der Waals surface area contributed by atoms with Gasteiger partial charge in [-0.2, -0.15) is 0 Å². The van der Waals surface area contributed by atoms with Crippen LogP contribution in [0.1, 0.15) is 11.5 Å². The van der Waals surface area contributed by atoms with Crippen molar-refractivity contribution in [2.45, 2.75) is 21.6 Å². The van der Waals surface area contributed by atoms with Gasteiger partial charge in [-0.25, -0.2) is 12.8 Å². The molecule has 4 nitrogen and oxygen atoms in total. The van der Waals surface area contributed by atoms with Crippen molar-refractivity contribution in [1.29, 1.82) is 0 Å². The van der Waals surface area contributed by atoms with Crippen molar-refractivity contribution in [3.05, 3.63) is 64.9 Å². The van der Waals surface area contributed by atoms with Crippen LogP contribution in [0.4, 0.5) is 4.39 Å². The first-order valence-electron chi connectivity index (χ1n) is 7.04. The summed E-state index contributed by atoms with van der Waals surface area (Å²) in [6.07, 6.45) is 0. The minimum atomic E-state index is -3.67. The molecule has 3 rings (SSSR count). The Morgan fingerprint density at radius 3 is 2.17 bits per heavy atom. The summed E-state index contributed by atoms with van der Waals surface area (Å²) in [7, 11) is -3.67. The van der Waals surface area contributed by atoms with Crippen molar-refractivity contribution < 1.29 is 12.8 Å². The fraction of sp³-hybridized carbons (Fsp3) is 0.250. The molecule has 0 spiro atoms. The second kappa shape index (κ2) is 5.56. The van der Waals surface area contributed by atoms with Crippen LogP contribution in [0, 0.1) is 5.82 Å². The third kappa shape index (κ3) is 2.65. The third-order valence-corrected chi connectivity index (χ3v) is 6.92. The molecule has 4 N–H and O–H groups in total. The summed E-state index contributed by atoms with van der Waals surface area (Å²) in [4.78, 5) is 0.153. The number of nitrogens with two attached hydrogens (primary N) is 2. The first-order chi connectivity index (χ1) is 10.8. The highest BCUT2D eigenvalue weighted by Gasteiger charge is 2.68. The first-order valence-corrected chi connectivity index (χ1v) is 8.97. The van der Waals surface area contributed by atoms with E-state index in [9.17, 15) is 12.8 Å². The number of sulfone groups is 1. The quantitative estimate of drug-likeness (QED) is 0.880. The molecule has 7 heteroatoms. The fourth-order valence-corrected chi connectivity index (χ4v) is 5.51. The zero-order valence-electron chi connectivity index (χ0n) is 12.1. The molecule has 0 heterocycles. The Labute approximate surface area is 139 Å². The van der Waals surface area contributed by atoms with Gasteiger partial charge in [0.25, 0.3) is 0 Å². The Kier molecular flexibility index (Phi) is 3.96. The van der Waals surface area contributed by atoms with Gasteiger partial charge in [0.2, 0.25) is 0 Å². The van der Waals surface area contributed by atoms with Crippen molar-refractivity contribution in [2.24, 2.45) is 11.5 Å². The number of hydrogen-bond acceptors (Lipinski definition) is 4. The minimum absolute atomic E-state index is 0.0204. The van der Waals surface area contributed by atoms with Crippen molar-refractivity contribution >= 4 is 21.4 Å². The van der Waals surface area contributed by atoms with Crippen LogP contribution in [0.15, 0.2) is 53.4 Å². The molecule has 1 aliphatic rings. The van der Waals surface area contributed by atoms with Crippen molar-refractivity contribution in [3.63, 3.8) is 0 Å². The lowest BCUT2D eigenvalue weighted by Gasteiger charge is -2.09. The van der Waals surface area contributed by atoms with Gasteiger partial charge in [-0.05, 0) is 42.0 Å². The smallest absolute Gasteiger partial charge is 0.183 e. The van der Waals surface area contributed by atoms with E-state index < -0.39 is 26.5 Å². The van der Waals surface area contributed by atoms with Gasteiger partial charge in [0.05, 0.1) is 15.7 Å². The van der Waals surface area contributed by atoms with Crippen molar-refractivity contribution in [2.75, 3.05) is 6.54 Å². The maximum absolute atomic E-state index is 13.1. The number of rotatable bonds is 4. The number of halogens is 2. The molecule has 0 radical (unpaired) electrons. The molecule has 0 amide bonds. The molecule has 3 atom stereocenters. The highest BCUT2D eigenvalue weighted by Crippen LogP contribution is 2.55. The van der Waals surface area contributed by atoms with Crippen LogP contribution in [0.2, 0.25) is 5.02 Å². The SMILES string of the molecule is NC[C@]1(N)[C@H](c2ccc(F)cc2)[C@H]1S(=O)(=O)c1ccc(Cl)cc1. The van der Waals surface area contributed by atoms with E-state index in [-0.39, 0.29) is 17.3 Å². The van der Waals surface area contributed by atoms with E-state index in [1.54, 1.807) is 12.1 Å². The zero-order chi connectivity index (χ0) is 16.8. The summed E-state index contributed by atoms with van der Waals surface area (Å²) < 4.78 is 38.8. The molecule has 1 aliphatic carbocycles. The molecule has 1 saturated carbocycles. The van der Waals surface area contributed by atoms with E-state index in [1.165, 1.54) is 36.4 Å². The second-order valence-corrected chi connectivity index (χ2v) is 8.27. The minimum Gasteiger partial charge on any atom is -0.329 e. The van der Waals surface area contributed by atoms with E-state index in [1.807, 2.05) is 0 Å². The van der Waals surface area contributed by atoms with Gasteiger partial charge >= 0.3 is 0 Å². The van der Waals surface area contributed by atoms with Crippen LogP contribution in [0.5, 0.6) is 0 Å². The maximum Gasteiger partial charge on any atom is 0.183 e. The summed E-state index contributed by atoms with van der Waals surface area (Å²) in [6.45, 7) is 0.0204. The van der Waals surface area contributed by atoms with Crippen molar-refractivity contribution in [1.82, 2.24) is 0 Å². The van der Waals surface area contributed by atoms with E-state index in [2.05, 4.69) is 0 Å². The normalized spacial score (nSPS) is 27.0. The Bertz CT molecular complexity index is 824. The largest absolute Gasteiger partial charge is 0.329 e. The van der Waals surface area contributed by atoms with Crippen LogP contribution in [0.3, 0.4) is 0 Å². The lowest BCUT2D eigenvalue weighted by atomic mass is 10.1. The van der Waals surface area contributed by atoms with Gasteiger partial charge in [-0.3, -0.25) is 0 Å². The van der Waals surface area contributed by atoms with Crippen molar-refractivity contribution in [3.8, 4) is 0 Å². The molecule has 1 fully saturated rings. The monoisotopic (exact) mass is 354 g/mol.